The lowest BCUT2D eigenvalue weighted by atomic mass is 10.0. The molecule has 5 nitrogen and oxygen atoms in total. The summed E-state index contributed by atoms with van der Waals surface area (Å²) in [5.74, 6) is 1.48. The van der Waals surface area contributed by atoms with Crippen LogP contribution in [0.25, 0.3) is 23.0 Å². The van der Waals surface area contributed by atoms with E-state index in [0.717, 1.165) is 59.5 Å². The Morgan fingerprint density at radius 2 is 1.89 bits per heavy atom. The number of para-hydroxylation sites is 1. The number of carbonyl (C=O) groups is 1. The van der Waals surface area contributed by atoms with Crippen LogP contribution in [0.2, 0.25) is 0 Å². The van der Waals surface area contributed by atoms with Crippen LogP contribution in [0.1, 0.15) is 64.0 Å². The summed E-state index contributed by atoms with van der Waals surface area (Å²) in [7, 11) is 0. The molecule has 0 radical (unpaired) electrons. The van der Waals surface area contributed by atoms with Crippen molar-refractivity contribution < 1.29 is 9.53 Å². The molecule has 1 amide bonds. The van der Waals surface area contributed by atoms with Crippen LogP contribution >= 0.6 is 24.0 Å². The van der Waals surface area contributed by atoms with Gasteiger partial charge in [-0.2, -0.15) is 5.10 Å². The summed E-state index contributed by atoms with van der Waals surface area (Å²) < 4.78 is 8.53. The zero-order valence-corrected chi connectivity index (χ0v) is 24.4. The van der Waals surface area contributed by atoms with E-state index in [2.05, 4.69) is 33.8 Å². The predicted octanol–water partition coefficient (Wildman–Crippen LogP) is 8.05. The van der Waals surface area contributed by atoms with Crippen molar-refractivity contribution in [1.82, 2.24) is 14.7 Å². The SMILES string of the molecule is CCCCCCN1C(=O)C(=Cc2cn(-c3ccccc3)nc2-c2ccc(OCCC(C)C)c(C)c2)SC1=S. The molecule has 1 aliphatic heterocycles. The van der Waals surface area contributed by atoms with E-state index in [1.165, 1.54) is 18.2 Å². The zero-order valence-electron chi connectivity index (χ0n) is 22.8. The van der Waals surface area contributed by atoms with Gasteiger partial charge < -0.3 is 4.74 Å². The Morgan fingerprint density at radius 1 is 1.11 bits per heavy atom. The fourth-order valence-electron chi connectivity index (χ4n) is 4.32. The highest BCUT2D eigenvalue weighted by molar-refractivity contribution is 8.26. The van der Waals surface area contributed by atoms with Crippen LogP contribution in [0.4, 0.5) is 0 Å². The molecule has 0 unspecified atom stereocenters. The molecule has 0 atom stereocenters. The molecule has 1 aliphatic rings. The van der Waals surface area contributed by atoms with E-state index in [4.69, 9.17) is 22.1 Å². The Balaban J connectivity index is 1.64. The molecule has 0 spiro atoms. The van der Waals surface area contributed by atoms with E-state index in [0.29, 0.717) is 28.3 Å². The minimum Gasteiger partial charge on any atom is -0.493 e. The third-order valence-corrected chi connectivity index (χ3v) is 7.94. The van der Waals surface area contributed by atoms with Crippen LogP contribution in [-0.4, -0.2) is 38.1 Å². The van der Waals surface area contributed by atoms with E-state index in [9.17, 15) is 4.79 Å². The average Bonchev–Trinajstić information content (AvgIpc) is 3.44. The molecule has 0 aliphatic carbocycles. The summed E-state index contributed by atoms with van der Waals surface area (Å²) in [6.45, 7) is 10.0. The third kappa shape index (κ3) is 6.94. The number of ether oxygens (including phenoxy) is 1. The summed E-state index contributed by atoms with van der Waals surface area (Å²) >= 11 is 6.95. The van der Waals surface area contributed by atoms with Gasteiger partial charge in [0.05, 0.1) is 17.2 Å². The first kappa shape index (κ1) is 28.1. The highest BCUT2D eigenvalue weighted by atomic mass is 32.2. The summed E-state index contributed by atoms with van der Waals surface area (Å²) in [5.41, 5.74) is 4.70. The maximum Gasteiger partial charge on any atom is 0.266 e. The van der Waals surface area contributed by atoms with Gasteiger partial charge >= 0.3 is 0 Å². The number of unbranched alkanes of at least 4 members (excludes halogenated alkanes) is 3. The molecule has 3 aromatic rings. The maximum absolute atomic E-state index is 13.3. The van der Waals surface area contributed by atoms with Gasteiger partial charge in [-0.15, -0.1) is 0 Å². The number of aryl methyl sites for hydroxylation is 1. The van der Waals surface area contributed by atoms with Gasteiger partial charge in [0.2, 0.25) is 0 Å². The normalized spacial score (nSPS) is 14.8. The largest absolute Gasteiger partial charge is 0.493 e. The number of nitrogens with zero attached hydrogens (tertiary/aromatic N) is 3. The number of aromatic nitrogens is 2. The van der Waals surface area contributed by atoms with Crippen LogP contribution in [0, 0.1) is 12.8 Å². The third-order valence-electron chi connectivity index (χ3n) is 6.56. The maximum atomic E-state index is 13.3. The van der Waals surface area contributed by atoms with Gasteiger partial charge in [0.15, 0.2) is 0 Å². The lowest BCUT2D eigenvalue weighted by Gasteiger charge is -2.13. The number of hydrogen-bond acceptors (Lipinski definition) is 5. The van der Waals surface area contributed by atoms with Crippen LogP contribution < -0.4 is 4.74 Å². The van der Waals surface area contributed by atoms with Crippen molar-refractivity contribution in [2.24, 2.45) is 5.92 Å². The molecule has 4 rings (SSSR count). The molecule has 38 heavy (non-hydrogen) atoms. The molecular formula is C31H37N3O2S2. The van der Waals surface area contributed by atoms with Crippen molar-refractivity contribution in [2.75, 3.05) is 13.2 Å². The molecule has 0 bridgehead atoms. The van der Waals surface area contributed by atoms with Gasteiger partial charge in [0.25, 0.3) is 5.91 Å². The van der Waals surface area contributed by atoms with Crippen molar-refractivity contribution in [3.63, 3.8) is 0 Å². The molecule has 2 aromatic carbocycles. The van der Waals surface area contributed by atoms with Crippen molar-refractivity contribution in [1.29, 1.82) is 0 Å². The standard InChI is InChI=1S/C31H37N3O2S2/c1-5-6-7-11-17-33-30(35)28(38-31(33)37)20-25-21-34(26-12-9-8-10-13-26)32-29(25)24-14-15-27(23(4)19-24)36-18-16-22(2)3/h8-10,12-15,19-22H,5-7,11,16-18H2,1-4H3. The number of carbonyl (C=O) groups excluding carboxylic acids is 1. The van der Waals surface area contributed by atoms with E-state index < -0.39 is 0 Å². The van der Waals surface area contributed by atoms with Gasteiger partial charge in [0.1, 0.15) is 15.8 Å². The van der Waals surface area contributed by atoms with E-state index in [1.54, 1.807) is 4.90 Å². The minimum absolute atomic E-state index is 0.0139. The smallest absolute Gasteiger partial charge is 0.266 e. The fraction of sp³-hybridized carbons (Fsp3) is 0.387. The zero-order chi connectivity index (χ0) is 27.1. The van der Waals surface area contributed by atoms with Gasteiger partial charge in [-0.25, -0.2) is 4.68 Å². The average molecular weight is 548 g/mol. The van der Waals surface area contributed by atoms with Crippen molar-refractivity contribution in [2.45, 2.75) is 59.8 Å². The van der Waals surface area contributed by atoms with Gasteiger partial charge in [0, 0.05) is 23.9 Å². The van der Waals surface area contributed by atoms with E-state index >= 15 is 0 Å². The Morgan fingerprint density at radius 3 is 2.61 bits per heavy atom. The van der Waals surface area contributed by atoms with Gasteiger partial charge in [-0.3, -0.25) is 9.69 Å². The lowest BCUT2D eigenvalue weighted by Crippen LogP contribution is -2.29. The van der Waals surface area contributed by atoms with E-state index in [1.807, 2.05) is 59.4 Å². The quantitative estimate of drug-likeness (QED) is 0.130. The number of hydrogen-bond donors (Lipinski definition) is 0. The second kappa shape index (κ2) is 13.3. The summed E-state index contributed by atoms with van der Waals surface area (Å²) in [6.07, 6.45) is 9.36. The first-order chi connectivity index (χ1) is 18.4. The second-order valence-electron chi connectivity index (χ2n) is 10.1. The number of thiocarbonyl (C=S) groups is 1. The Hall–Kier alpha value is -2.90. The molecule has 2 heterocycles. The molecular weight excluding hydrogens is 510 g/mol. The minimum atomic E-state index is -0.0139. The monoisotopic (exact) mass is 547 g/mol. The van der Waals surface area contributed by atoms with Crippen LogP contribution in [-0.2, 0) is 4.79 Å². The summed E-state index contributed by atoms with van der Waals surface area (Å²) in [5, 5.41) is 4.95. The summed E-state index contributed by atoms with van der Waals surface area (Å²) in [6, 6.07) is 16.2. The second-order valence-corrected chi connectivity index (χ2v) is 11.8. The first-order valence-corrected chi connectivity index (χ1v) is 14.7. The van der Waals surface area contributed by atoms with Crippen LogP contribution in [0.15, 0.2) is 59.6 Å². The van der Waals surface area contributed by atoms with Crippen molar-refractivity contribution in [3.8, 4) is 22.7 Å². The molecule has 7 heteroatoms. The molecule has 0 N–H and O–H groups in total. The van der Waals surface area contributed by atoms with Crippen LogP contribution in [0.5, 0.6) is 5.75 Å². The number of benzene rings is 2. The number of amides is 1. The topological polar surface area (TPSA) is 47.4 Å². The van der Waals surface area contributed by atoms with Gasteiger partial charge in [-0.1, -0.05) is 82.2 Å². The molecule has 0 saturated carbocycles. The van der Waals surface area contributed by atoms with Gasteiger partial charge in [-0.05, 0) is 67.7 Å². The molecule has 1 aromatic heterocycles. The molecule has 200 valence electrons. The molecule has 1 saturated heterocycles. The van der Waals surface area contributed by atoms with Crippen molar-refractivity contribution in [3.05, 3.63) is 70.8 Å². The number of rotatable bonds is 12. The highest BCUT2D eigenvalue weighted by Crippen LogP contribution is 2.36. The Bertz CT molecular complexity index is 1300. The fourth-order valence-corrected chi connectivity index (χ4v) is 5.62. The summed E-state index contributed by atoms with van der Waals surface area (Å²) in [4.78, 5) is 15.7. The van der Waals surface area contributed by atoms with E-state index in [-0.39, 0.29) is 5.91 Å². The van der Waals surface area contributed by atoms with Crippen LogP contribution in [0.3, 0.4) is 0 Å². The van der Waals surface area contributed by atoms with Crippen molar-refractivity contribution >= 4 is 40.3 Å². The predicted molar refractivity (Wildman–Crippen MR) is 163 cm³/mol. The lowest BCUT2D eigenvalue weighted by molar-refractivity contribution is -0.122. The Labute approximate surface area is 236 Å². The Kier molecular flexibility index (Phi) is 9.80. The molecule has 1 fully saturated rings. The first-order valence-electron chi connectivity index (χ1n) is 13.5. The number of thioether (sulfide) groups is 1. The highest BCUT2D eigenvalue weighted by Gasteiger charge is 2.32.